The zero-order valence-electron chi connectivity index (χ0n) is 11.8. The molecule has 1 heteroatoms. The van der Waals surface area contributed by atoms with Gasteiger partial charge in [0.15, 0.2) is 0 Å². The molecule has 0 N–H and O–H groups in total. The summed E-state index contributed by atoms with van der Waals surface area (Å²) < 4.78 is 0. The number of nitrogens with zero attached hydrogens (tertiary/aromatic N) is 1. The van der Waals surface area contributed by atoms with Crippen molar-refractivity contribution in [2.24, 2.45) is 0 Å². The molecule has 1 saturated heterocycles. The molecule has 0 bridgehead atoms. The molecule has 1 spiro atoms. The number of likely N-dealkylation sites (tertiary alicyclic amines) is 1. The fourth-order valence-corrected chi connectivity index (χ4v) is 2.95. The standard InChI is InChI=1S/C10H19N.2C2H6/c1-9-5-8-10(11(9)2)6-3-4-7-10;2*1-2/h9H,3-8H2,1-2H3;2*1-2H3. The summed E-state index contributed by atoms with van der Waals surface area (Å²) in [5.41, 5.74) is 0.652. The van der Waals surface area contributed by atoms with Crippen LogP contribution in [0.1, 0.15) is 73.1 Å². The Morgan fingerprint density at radius 3 is 1.73 bits per heavy atom. The number of rotatable bonds is 0. The van der Waals surface area contributed by atoms with Gasteiger partial charge in [-0.1, -0.05) is 40.5 Å². The summed E-state index contributed by atoms with van der Waals surface area (Å²) in [5.74, 6) is 0. The van der Waals surface area contributed by atoms with Gasteiger partial charge < -0.3 is 0 Å². The Balaban J connectivity index is 0.000000442. The maximum absolute atomic E-state index is 2.64. The van der Waals surface area contributed by atoms with Gasteiger partial charge in [-0.25, -0.2) is 0 Å². The summed E-state index contributed by atoms with van der Waals surface area (Å²) in [7, 11) is 2.32. The smallest absolute Gasteiger partial charge is 0.0210 e. The van der Waals surface area contributed by atoms with E-state index in [0.29, 0.717) is 5.54 Å². The van der Waals surface area contributed by atoms with E-state index in [0.717, 1.165) is 6.04 Å². The second kappa shape index (κ2) is 7.27. The third-order valence-electron chi connectivity index (χ3n) is 3.97. The van der Waals surface area contributed by atoms with Gasteiger partial charge in [-0.05, 0) is 39.7 Å². The first-order chi connectivity index (χ1) is 7.25. The largest absolute Gasteiger partial charge is 0.298 e. The molecular weight excluding hydrogens is 182 g/mol. The molecule has 15 heavy (non-hydrogen) atoms. The third-order valence-corrected chi connectivity index (χ3v) is 3.97. The molecule has 1 atom stereocenters. The van der Waals surface area contributed by atoms with E-state index in [1.165, 1.54) is 38.5 Å². The Kier molecular flexibility index (Phi) is 7.25. The molecule has 1 aliphatic carbocycles. The van der Waals surface area contributed by atoms with Crippen molar-refractivity contribution in [1.82, 2.24) is 4.90 Å². The maximum atomic E-state index is 2.64. The fourth-order valence-electron chi connectivity index (χ4n) is 2.95. The molecule has 2 aliphatic rings. The van der Waals surface area contributed by atoms with Gasteiger partial charge in [0.25, 0.3) is 0 Å². The monoisotopic (exact) mass is 213 g/mol. The number of hydrogen-bond donors (Lipinski definition) is 0. The molecule has 2 fully saturated rings. The highest BCUT2D eigenvalue weighted by Crippen LogP contribution is 2.44. The lowest BCUT2D eigenvalue weighted by Gasteiger charge is -2.34. The van der Waals surface area contributed by atoms with Crippen LogP contribution in [0.5, 0.6) is 0 Å². The van der Waals surface area contributed by atoms with Crippen LogP contribution in [0.15, 0.2) is 0 Å². The average molecular weight is 213 g/mol. The number of hydrogen-bond acceptors (Lipinski definition) is 1. The van der Waals surface area contributed by atoms with Crippen molar-refractivity contribution in [3.05, 3.63) is 0 Å². The van der Waals surface area contributed by atoms with E-state index < -0.39 is 0 Å². The van der Waals surface area contributed by atoms with Crippen LogP contribution in [0.4, 0.5) is 0 Å². The van der Waals surface area contributed by atoms with Crippen LogP contribution < -0.4 is 0 Å². The van der Waals surface area contributed by atoms with Crippen molar-refractivity contribution < 1.29 is 0 Å². The van der Waals surface area contributed by atoms with Crippen LogP contribution in [-0.4, -0.2) is 23.5 Å². The van der Waals surface area contributed by atoms with Gasteiger partial charge in [-0.15, -0.1) is 0 Å². The molecule has 0 aromatic rings. The van der Waals surface area contributed by atoms with E-state index >= 15 is 0 Å². The van der Waals surface area contributed by atoms with Crippen molar-refractivity contribution in [3.63, 3.8) is 0 Å². The van der Waals surface area contributed by atoms with Crippen LogP contribution in [0.2, 0.25) is 0 Å². The van der Waals surface area contributed by atoms with Crippen molar-refractivity contribution >= 4 is 0 Å². The molecule has 0 amide bonds. The highest BCUT2D eigenvalue weighted by Gasteiger charge is 2.43. The zero-order valence-corrected chi connectivity index (χ0v) is 11.8. The Hall–Kier alpha value is -0.0400. The van der Waals surface area contributed by atoms with Crippen LogP contribution >= 0.6 is 0 Å². The molecule has 1 heterocycles. The molecule has 1 unspecified atom stereocenters. The Bertz CT molecular complexity index is 147. The molecule has 0 aromatic heterocycles. The fraction of sp³-hybridized carbons (Fsp3) is 1.00. The highest BCUT2D eigenvalue weighted by atomic mass is 15.2. The van der Waals surface area contributed by atoms with E-state index in [4.69, 9.17) is 0 Å². The lowest BCUT2D eigenvalue weighted by molar-refractivity contribution is 0.146. The molecule has 1 aliphatic heterocycles. The molecule has 92 valence electrons. The molecule has 2 rings (SSSR count). The van der Waals surface area contributed by atoms with Crippen LogP contribution in [0.25, 0.3) is 0 Å². The topological polar surface area (TPSA) is 3.24 Å². The lowest BCUT2D eigenvalue weighted by atomic mass is 9.95. The normalized spacial score (nSPS) is 28.0. The second-order valence-corrected chi connectivity index (χ2v) is 4.43. The minimum atomic E-state index is 0.652. The van der Waals surface area contributed by atoms with E-state index in [1.807, 2.05) is 27.7 Å². The Morgan fingerprint density at radius 2 is 1.40 bits per heavy atom. The van der Waals surface area contributed by atoms with E-state index in [9.17, 15) is 0 Å². The summed E-state index contributed by atoms with van der Waals surface area (Å²) in [6.07, 6.45) is 8.76. The first-order valence-corrected chi connectivity index (χ1v) is 6.98. The van der Waals surface area contributed by atoms with Gasteiger partial charge in [-0.3, -0.25) is 4.90 Å². The zero-order chi connectivity index (χ0) is 11.9. The Labute approximate surface area is 97.2 Å². The van der Waals surface area contributed by atoms with E-state index in [-0.39, 0.29) is 0 Å². The summed E-state index contributed by atoms with van der Waals surface area (Å²) >= 11 is 0. The molecule has 0 radical (unpaired) electrons. The van der Waals surface area contributed by atoms with Crippen molar-refractivity contribution in [2.75, 3.05) is 7.05 Å². The van der Waals surface area contributed by atoms with Crippen LogP contribution in [0, 0.1) is 0 Å². The minimum Gasteiger partial charge on any atom is -0.298 e. The first-order valence-electron chi connectivity index (χ1n) is 6.98. The SMILES string of the molecule is CC.CC.CC1CCC2(CCCC2)N1C. The second-order valence-electron chi connectivity index (χ2n) is 4.43. The van der Waals surface area contributed by atoms with E-state index in [2.05, 4.69) is 18.9 Å². The summed E-state index contributed by atoms with van der Waals surface area (Å²) in [6, 6.07) is 0.841. The summed E-state index contributed by atoms with van der Waals surface area (Å²) in [4.78, 5) is 2.64. The highest BCUT2D eigenvalue weighted by molar-refractivity contribution is 5.00. The van der Waals surface area contributed by atoms with Crippen molar-refractivity contribution in [3.8, 4) is 0 Å². The van der Waals surface area contributed by atoms with Crippen LogP contribution in [-0.2, 0) is 0 Å². The van der Waals surface area contributed by atoms with Crippen molar-refractivity contribution in [2.45, 2.75) is 84.7 Å². The van der Waals surface area contributed by atoms with E-state index in [1.54, 1.807) is 0 Å². The lowest BCUT2D eigenvalue weighted by Crippen LogP contribution is -2.41. The molecule has 0 aromatic carbocycles. The van der Waals surface area contributed by atoms with Gasteiger partial charge in [0.1, 0.15) is 0 Å². The Morgan fingerprint density at radius 1 is 0.933 bits per heavy atom. The first kappa shape index (κ1) is 15.0. The molecule has 1 nitrogen and oxygen atoms in total. The quantitative estimate of drug-likeness (QED) is 0.574. The van der Waals surface area contributed by atoms with Crippen molar-refractivity contribution in [1.29, 1.82) is 0 Å². The maximum Gasteiger partial charge on any atom is 0.0210 e. The molecular formula is C14H31N. The van der Waals surface area contributed by atoms with Gasteiger partial charge >= 0.3 is 0 Å². The van der Waals surface area contributed by atoms with Gasteiger partial charge in [-0.2, -0.15) is 0 Å². The predicted octanol–water partition coefficient (Wildman–Crippen LogP) is 4.47. The van der Waals surface area contributed by atoms with Gasteiger partial charge in [0.2, 0.25) is 0 Å². The average Bonchev–Trinajstić information content (AvgIpc) is 2.89. The summed E-state index contributed by atoms with van der Waals surface area (Å²) in [5, 5.41) is 0. The van der Waals surface area contributed by atoms with Crippen LogP contribution in [0.3, 0.4) is 0 Å². The third kappa shape index (κ3) is 3.21. The predicted molar refractivity (Wildman–Crippen MR) is 70.4 cm³/mol. The molecule has 1 saturated carbocycles. The minimum absolute atomic E-state index is 0.652. The van der Waals surface area contributed by atoms with Gasteiger partial charge in [0, 0.05) is 11.6 Å². The van der Waals surface area contributed by atoms with Gasteiger partial charge in [0.05, 0.1) is 0 Å². The summed E-state index contributed by atoms with van der Waals surface area (Å²) in [6.45, 7) is 10.4.